The van der Waals surface area contributed by atoms with Crippen LogP contribution in [0.3, 0.4) is 0 Å². The van der Waals surface area contributed by atoms with Crippen molar-refractivity contribution in [2.45, 2.75) is 6.54 Å². The molecule has 0 spiro atoms. The van der Waals surface area contributed by atoms with Crippen molar-refractivity contribution >= 4 is 11.6 Å². The molecule has 0 aliphatic rings. The van der Waals surface area contributed by atoms with E-state index in [9.17, 15) is 9.59 Å². The van der Waals surface area contributed by atoms with Crippen LogP contribution in [0.25, 0.3) is 11.1 Å². The summed E-state index contributed by atoms with van der Waals surface area (Å²) in [5, 5.41) is 0. The minimum absolute atomic E-state index is 0.000998. The minimum Gasteiger partial charge on any atom is -0.288 e. The highest BCUT2D eigenvalue weighted by molar-refractivity contribution is 6.08. The fourth-order valence-corrected chi connectivity index (χ4v) is 3.25. The molecule has 3 nitrogen and oxygen atoms in total. The third kappa shape index (κ3) is 4.36. The Morgan fingerprint density at radius 1 is 0.586 bits per heavy atom. The Morgan fingerprint density at radius 3 is 1.86 bits per heavy atom. The lowest BCUT2D eigenvalue weighted by Gasteiger charge is -2.04. The summed E-state index contributed by atoms with van der Waals surface area (Å²) in [4.78, 5) is 25.3. The summed E-state index contributed by atoms with van der Waals surface area (Å²) in [6.45, 7) is 0.181. The van der Waals surface area contributed by atoms with Gasteiger partial charge in [-0.3, -0.25) is 9.59 Å². The first-order chi connectivity index (χ1) is 14.2. The average molecular weight is 378 g/mol. The zero-order valence-corrected chi connectivity index (χ0v) is 15.9. The van der Waals surface area contributed by atoms with Gasteiger partial charge >= 0.3 is 0 Å². The van der Waals surface area contributed by atoms with Gasteiger partial charge in [0.15, 0.2) is 18.2 Å². The highest BCUT2D eigenvalue weighted by Gasteiger charge is 2.16. The van der Waals surface area contributed by atoms with Gasteiger partial charge in [-0.25, -0.2) is 0 Å². The number of hydrogen-bond acceptors (Lipinski definition) is 2. The molecule has 1 aromatic heterocycles. The van der Waals surface area contributed by atoms with Gasteiger partial charge in [0.1, 0.15) is 0 Å². The molecule has 0 atom stereocenters. The number of carbonyl (C=O) groups is 2. The molecule has 0 radical (unpaired) electrons. The van der Waals surface area contributed by atoms with E-state index in [1.165, 1.54) is 0 Å². The molecule has 0 saturated heterocycles. The summed E-state index contributed by atoms with van der Waals surface area (Å²) in [7, 11) is 0. The second kappa shape index (κ2) is 8.44. The summed E-state index contributed by atoms with van der Waals surface area (Å²) < 4.78 is 1.75. The van der Waals surface area contributed by atoms with Gasteiger partial charge in [0.05, 0.1) is 5.56 Å². The maximum Gasteiger partial charge on any atom is 0.227 e. The molecule has 0 fully saturated rings. The van der Waals surface area contributed by atoms with Crippen molar-refractivity contribution in [3.8, 4) is 11.1 Å². The van der Waals surface area contributed by atoms with E-state index in [-0.39, 0.29) is 18.1 Å². The number of hydrogen-bond donors (Lipinski definition) is 0. The summed E-state index contributed by atoms with van der Waals surface area (Å²) >= 11 is 0. The molecule has 0 unspecified atom stereocenters. The van der Waals surface area contributed by atoms with E-state index in [1.807, 2.05) is 72.8 Å². The highest BCUT2D eigenvalue weighted by atomic mass is 16.1. The number of nitrogens with zero attached hydrogens (tertiary/aromatic N) is 1. The topological polar surface area (TPSA) is 38.0 Å². The maximum atomic E-state index is 12.7. The number of Topliss-reactive ketones (excluding diaryl/α,β-unsaturated/α-hetero) is 1. The van der Waals surface area contributed by atoms with Crippen LogP contribution in [0.4, 0.5) is 0 Å². The Labute approximate surface area is 169 Å². The molecule has 3 aromatic carbocycles. The molecule has 3 heteroatoms. The normalized spacial score (nSPS) is 10.5. The molecule has 0 aliphatic heterocycles. The van der Waals surface area contributed by atoms with E-state index >= 15 is 0 Å². The first-order valence-electron chi connectivity index (χ1n) is 9.48. The summed E-state index contributed by atoms with van der Waals surface area (Å²) in [6.07, 6.45) is 3.53. The SMILES string of the molecule is O=C(C[n+]1cccc(C(=O)c2ccccc2)c1)c1ccc(-c2ccccc2)cc1. The minimum atomic E-state index is -0.0559. The quantitative estimate of drug-likeness (QED) is 0.359. The first-order valence-corrected chi connectivity index (χ1v) is 9.48. The van der Waals surface area contributed by atoms with E-state index in [0.717, 1.165) is 11.1 Å². The van der Waals surface area contributed by atoms with Gasteiger partial charge in [0, 0.05) is 17.2 Å². The van der Waals surface area contributed by atoms with E-state index in [0.29, 0.717) is 16.7 Å². The lowest BCUT2D eigenvalue weighted by molar-refractivity contribution is -0.683. The summed E-state index contributed by atoms with van der Waals surface area (Å²) in [5.74, 6) is -0.0569. The van der Waals surface area contributed by atoms with E-state index in [2.05, 4.69) is 0 Å². The Morgan fingerprint density at radius 2 is 1.17 bits per heavy atom. The number of benzene rings is 3. The van der Waals surface area contributed by atoms with Crippen LogP contribution < -0.4 is 4.57 Å². The second-order valence-electron chi connectivity index (χ2n) is 6.83. The standard InChI is InChI=1S/C26H20NO2/c28-25(22-15-13-21(14-16-22)20-8-3-1-4-9-20)19-27-17-7-12-24(18-27)26(29)23-10-5-2-6-11-23/h1-18H,19H2/q+1. The van der Waals surface area contributed by atoms with Gasteiger partial charge in [-0.2, -0.15) is 4.57 Å². The van der Waals surface area contributed by atoms with Crippen molar-refractivity contribution in [1.82, 2.24) is 0 Å². The third-order valence-corrected chi connectivity index (χ3v) is 4.80. The molecule has 29 heavy (non-hydrogen) atoms. The van der Waals surface area contributed by atoms with E-state index < -0.39 is 0 Å². The van der Waals surface area contributed by atoms with Crippen molar-refractivity contribution < 1.29 is 14.2 Å². The number of rotatable bonds is 6. The molecular formula is C26H20NO2+. The van der Waals surface area contributed by atoms with Gasteiger partial charge in [-0.1, -0.05) is 84.9 Å². The van der Waals surface area contributed by atoms with Crippen LogP contribution in [-0.2, 0) is 6.54 Å². The smallest absolute Gasteiger partial charge is 0.227 e. The Balaban J connectivity index is 1.49. The lowest BCUT2D eigenvalue weighted by Crippen LogP contribution is -2.38. The van der Waals surface area contributed by atoms with Crippen molar-refractivity contribution in [2.24, 2.45) is 0 Å². The Kier molecular flexibility index (Phi) is 5.39. The average Bonchev–Trinajstić information content (AvgIpc) is 2.80. The lowest BCUT2D eigenvalue weighted by atomic mass is 10.0. The second-order valence-corrected chi connectivity index (χ2v) is 6.83. The van der Waals surface area contributed by atoms with Gasteiger partial charge in [0.25, 0.3) is 0 Å². The molecule has 0 saturated carbocycles. The summed E-state index contributed by atoms with van der Waals surface area (Å²) in [6, 6.07) is 30.4. The van der Waals surface area contributed by atoms with Gasteiger partial charge in [0.2, 0.25) is 12.3 Å². The predicted molar refractivity (Wildman–Crippen MR) is 113 cm³/mol. The number of pyridine rings is 1. The van der Waals surface area contributed by atoms with E-state index in [1.54, 1.807) is 41.2 Å². The molecule has 4 rings (SSSR count). The third-order valence-electron chi connectivity index (χ3n) is 4.80. The Bertz CT molecular complexity index is 1130. The van der Waals surface area contributed by atoms with Crippen LogP contribution in [0.15, 0.2) is 109 Å². The van der Waals surface area contributed by atoms with Crippen molar-refractivity contribution in [3.05, 3.63) is 126 Å². The first kappa shape index (κ1) is 18.5. The fourth-order valence-electron chi connectivity index (χ4n) is 3.25. The van der Waals surface area contributed by atoms with Gasteiger partial charge in [-0.05, 0) is 17.2 Å². The maximum absolute atomic E-state index is 12.7. The molecule has 0 bridgehead atoms. The van der Waals surface area contributed by atoms with Crippen LogP contribution >= 0.6 is 0 Å². The molecule has 4 aromatic rings. The molecule has 0 aliphatic carbocycles. The van der Waals surface area contributed by atoms with Crippen LogP contribution in [0.1, 0.15) is 26.3 Å². The van der Waals surface area contributed by atoms with Crippen molar-refractivity contribution in [2.75, 3.05) is 0 Å². The zero-order chi connectivity index (χ0) is 20.1. The number of ketones is 2. The number of aromatic nitrogens is 1. The van der Waals surface area contributed by atoms with E-state index in [4.69, 9.17) is 0 Å². The highest BCUT2D eigenvalue weighted by Crippen LogP contribution is 2.19. The monoisotopic (exact) mass is 378 g/mol. The van der Waals surface area contributed by atoms with Gasteiger partial charge in [-0.15, -0.1) is 0 Å². The summed E-state index contributed by atoms with van der Waals surface area (Å²) in [5.41, 5.74) is 4.04. The fraction of sp³-hybridized carbons (Fsp3) is 0.0385. The molecule has 0 amide bonds. The molecule has 1 heterocycles. The van der Waals surface area contributed by atoms with Crippen LogP contribution in [0.5, 0.6) is 0 Å². The molecule has 140 valence electrons. The van der Waals surface area contributed by atoms with Crippen LogP contribution in [-0.4, -0.2) is 11.6 Å². The zero-order valence-electron chi connectivity index (χ0n) is 15.9. The predicted octanol–water partition coefficient (Wildman–Crippen LogP) is 4.76. The Hall–Kier alpha value is -3.85. The molecular weight excluding hydrogens is 358 g/mol. The van der Waals surface area contributed by atoms with Crippen molar-refractivity contribution in [3.63, 3.8) is 0 Å². The van der Waals surface area contributed by atoms with Crippen LogP contribution in [0, 0.1) is 0 Å². The van der Waals surface area contributed by atoms with Gasteiger partial charge < -0.3 is 0 Å². The molecule has 0 N–H and O–H groups in total. The number of carbonyl (C=O) groups excluding carboxylic acids is 2. The van der Waals surface area contributed by atoms with Crippen LogP contribution in [0.2, 0.25) is 0 Å². The largest absolute Gasteiger partial charge is 0.288 e. The van der Waals surface area contributed by atoms with Crippen molar-refractivity contribution in [1.29, 1.82) is 0 Å².